The number of pyridine rings is 1. The van der Waals surface area contributed by atoms with Crippen molar-refractivity contribution < 1.29 is 4.79 Å². The minimum absolute atomic E-state index is 0.0391. The quantitative estimate of drug-likeness (QED) is 0.765. The monoisotopic (exact) mass is 348 g/mol. The third-order valence-electron chi connectivity index (χ3n) is 2.18. The molecular formula is C11H14Br2N2O. The van der Waals surface area contributed by atoms with Gasteiger partial charge in [0.25, 0.3) is 5.91 Å². The fourth-order valence-electron chi connectivity index (χ4n) is 1.37. The first-order valence-corrected chi connectivity index (χ1v) is 7.06. The minimum atomic E-state index is 0.0391. The molecule has 0 aliphatic carbocycles. The largest absolute Gasteiger partial charge is 0.339 e. The molecule has 0 fully saturated rings. The van der Waals surface area contributed by atoms with Gasteiger partial charge in [0.1, 0.15) is 0 Å². The van der Waals surface area contributed by atoms with Crippen LogP contribution in [0, 0.1) is 0 Å². The average molecular weight is 350 g/mol. The Morgan fingerprint density at radius 2 is 2.25 bits per heavy atom. The molecular weight excluding hydrogens is 336 g/mol. The van der Waals surface area contributed by atoms with Crippen molar-refractivity contribution in [2.45, 2.75) is 13.3 Å². The standard InChI is InChI=1S/C11H14Br2N2O/c1-2-15(5-3-4-12)11(16)9-6-10(13)8-14-7-9/h6-8H,2-5H2,1H3. The van der Waals surface area contributed by atoms with Crippen molar-refractivity contribution >= 4 is 37.8 Å². The van der Waals surface area contributed by atoms with Crippen LogP contribution in [0.5, 0.6) is 0 Å². The number of rotatable bonds is 5. The highest BCUT2D eigenvalue weighted by atomic mass is 79.9. The van der Waals surface area contributed by atoms with Crippen LogP contribution in [-0.2, 0) is 0 Å². The van der Waals surface area contributed by atoms with Crippen molar-refractivity contribution in [3.8, 4) is 0 Å². The zero-order chi connectivity index (χ0) is 12.0. The fourth-order valence-corrected chi connectivity index (χ4v) is 1.98. The molecule has 1 rings (SSSR count). The lowest BCUT2D eigenvalue weighted by Crippen LogP contribution is -2.32. The molecule has 0 radical (unpaired) electrons. The number of nitrogens with zero attached hydrogens (tertiary/aromatic N) is 2. The van der Waals surface area contributed by atoms with Crippen LogP contribution in [0.3, 0.4) is 0 Å². The van der Waals surface area contributed by atoms with Gasteiger partial charge in [-0.25, -0.2) is 0 Å². The summed E-state index contributed by atoms with van der Waals surface area (Å²) in [5, 5.41) is 0.910. The fraction of sp³-hybridized carbons (Fsp3) is 0.455. The molecule has 0 spiro atoms. The van der Waals surface area contributed by atoms with E-state index in [1.54, 1.807) is 18.5 Å². The molecule has 0 aromatic carbocycles. The van der Waals surface area contributed by atoms with E-state index in [2.05, 4.69) is 36.8 Å². The number of halogens is 2. The number of aromatic nitrogens is 1. The zero-order valence-electron chi connectivity index (χ0n) is 9.12. The molecule has 1 heterocycles. The second-order valence-electron chi connectivity index (χ2n) is 3.32. The maximum atomic E-state index is 12.1. The van der Waals surface area contributed by atoms with E-state index in [0.29, 0.717) is 5.56 Å². The molecule has 1 aromatic rings. The van der Waals surface area contributed by atoms with Gasteiger partial charge in [0.15, 0.2) is 0 Å². The Morgan fingerprint density at radius 3 is 2.81 bits per heavy atom. The molecule has 88 valence electrons. The molecule has 3 nitrogen and oxygen atoms in total. The van der Waals surface area contributed by atoms with Crippen LogP contribution >= 0.6 is 31.9 Å². The lowest BCUT2D eigenvalue weighted by Gasteiger charge is -2.20. The van der Waals surface area contributed by atoms with Gasteiger partial charge >= 0.3 is 0 Å². The minimum Gasteiger partial charge on any atom is -0.339 e. The molecule has 5 heteroatoms. The van der Waals surface area contributed by atoms with Crippen LogP contribution in [0.4, 0.5) is 0 Å². The summed E-state index contributed by atoms with van der Waals surface area (Å²) >= 11 is 6.68. The van der Waals surface area contributed by atoms with Gasteiger partial charge < -0.3 is 4.90 Å². The SMILES string of the molecule is CCN(CCCBr)C(=O)c1cncc(Br)c1. The molecule has 16 heavy (non-hydrogen) atoms. The summed E-state index contributed by atoms with van der Waals surface area (Å²) in [6, 6.07) is 1.80. The topological polar surface area (TPSA) is 33.2 Å². The molecule has 0 N–H and O–H groups in total. The van der Waals surface area contributed by atoms with Crippen molar-refractivity contribution in [3.63, 3.8) is 0 Å². The second kappa shape index (κ2) is 7.01. The highest BCUT2D eigenvalue weighted by molar-refractivity contribution is 9.10. The Balaban J connectivity index is 2.74. The lowest BCUT2D eigenvalue weighted by atomic mass is 10.2. The van der Waals surface area contributed by atoms with Crippen molar-refractivity contribution in [2.75, 3.05) is 18.4 Å². The normalized spacial score (nSPS) is 10.2. The van der Waals surface area contributed by atoms with E-state index in [1.165, 1.54) is 0 Å². The Bertz CT molecular complexity index is 358. The van der Waals surface area contributed by atoms with Crippen LogP contribution in [0.15, 0.2) is 22.9 Å². The molecule has 0 unspecified atom stereocenters. The Hall–Kier alpha value is -0.420. The van der Waals surface area contributed by atoms with Gasteiger partial charge in [-0.15, -0.1) is 0 Å². The summed E-state index contributed by atoms with van der Waals surface area (Å²) in [7, 11) is 0. The van der Waals surface area contributed by atoms with E-state index in [1.807, 2.05) is 11.8 Å². The number of amides is 1. The first kappa shape index (κ1) is 13.6. The maximum absolute atomic E-state index is 12.1. The molecule has 0 saturated carbocycles. The van der Waals surface area contributed by atoms with E-state index in [9.17, 15) is 4.79 Å². The highest BCUT2D eigenvalue weighted by Crippen LogP contribution is 2.12. The van der Waals surface area contributed by atoms with Crippen molar-refractivity contribution in [1.29, 1.82) is 0 Å². The average Bonchev–Trinajstić information content (AvgIpc) is 2.29. The molecule has 1 amide bonds. The van der Waals surface area contributed by atoms with E-state index < -0.39 is 0 Å². The first-order valence-electron chi connectivity index (χ1n) is 5.14. The van der Waals surface area contributed by atoms with Gasteiger partial charge in [0, 0.05) is 35.3 Å². The van der Waals surface area contributed by atoms with Crippen LogP contribution in [0.1, 0.15) is 23.7 Å². The van der Waals surface area contributed by atoms with Crippen LogP contribution < -0.4 is 0 Å². The Labute approximate surface area is 112 Å². The smallest absolute Gasteiger partial charge is 0.255 e. The van der Waals surface area contributed by atoms with Gasteiger partial charge in [-0.05, 0) is 35.3 Å². The predicted molar refractivity (Wildman–Crippen MR) is 71.9 cm³/mol. The summed E-state index contributed by atoms with van der Waals surface area (Å²) in [4.78, 5) is 17.9. The molecule has 0 aliphatic rings. The number of carbonyl (C=O) groups is 1. The van der Waals surface area contributed by atoms with E-state index in [0.717, 1.165) is 29.3 Å². The third kappa shape index (κ3) is 3.87. The van der Waals surface area contributed by atoms with Crippen molar-refractivity contribution in [1.82, 2.24) is 9.88 Å². The van der Waals surface area contributed by atoms with Crippen LogP contribution in [0.25, 0.3) is 0 Å². The summed E-state index contributed by atoms with van der Waals surface area (Å²) in [5.74, 6) is 0.0391. The number of hydrogen-bond acceptors (Lipinski definition) is 2. The lowest BCUT2D eigenvalue weighted by molar-refractivity contribution is 0.0764. The predicted octanol–water partition coefficient (Wildman–Crippen LogP) is 3.09. The van der Waals surface area contributed by atoms with Gasteiger partial charge in [-0.3, -0.25) is 9.78 Å². The molecule has 0 saturated heterocycles. The van der Waals surface area contributed by atoms with Crippen LogP contribution in [0.2, 0.25) is 0 Å². The number of hydrogen-bond donors (Lipinski definition) is 0. The van der Waals surface area contributed by atoms with Gasteiger partial charge in [-0.2, -0.15) is 0 Å². The Kier molecular flexibility index (Phi) is 5.98. The number of carbonyl (C=O) groups excluding carboxylic acids is 1. The van der Waals surface area contributed by atoms with E-state index in [4.69, 9.17) is 0 Å². The van der Waals surface area contributed by atoms with Gasteiger partial charge in [0.05, 0.1) is 5.56 Å². The van der Waals surface area contributed by atoms with Crippen molar-refractivity contribution in [2.24, 2.45) is 0 Å². The third-order valence-corrected chi connectivity index (χ3v) is 3.18. The van der Waals surface area contributed by atoms with Gasteiger partial charge in [0.2, 0.25) is 0 Å². The summed E-state index contributed by atoms with van der Waals surface area (Å²) in [6.07, 6.45) is 4.23. The first-order chi connectivity index (χ1) is 7.69. The van der Waals surface area contributed by atoms with E-state index >= 15 is 0 Å². The second-order valence-corrected chi connectivity index (χ2v) is 5.03. The van der Waals surface area contributed by atoms with Crippen LogP contribution in [-0.4, -0.2) is 34.2 Å². The molecule has 0 bridgehead atoms. The van der Waals surface area contributed by atoms with Crippen molar-refractivity contribution in [3.05, 3.63) is 28.5 Å². The highest BCUT2D eigenvalue weighted by Gasteiger charge is 2.13. The van der Waals surface area contributed by atoms with Gasteiger partial charge in [-0.1, -0.05) is 15.9 Å². The summed E-state index contributed by atoms with van der Waals surface area (Å²) in [6.45, 7) is 3.48. The van der Waals surface area contributed by atoms with E-state index in [-0.39, 0.29) is 5.91 Å². The molecule has 1 aromatic heterocycles. The number of alkyl halides is 1. The summed E-state index contributed by atoms with van der Waals surface area (Å²) < 4.78 is 0.829. The molecule has 0 aliphatic heterocycles. The maximum Gasteiger partial charge on any atom is 0.255 e. The Morgan fingerprint density at radius 1 is 1.50 bits per heavy atom. The summed E-state index contributed by atoms with van der Waals surface area (Å²) in [5.41, 5.74) is 0.630. The molecule has 0 atom stereocenters. The zero-order valence-corrected chi connectivity index (χ0v) is 12.3.